The highest BCUT2D eigenvalue weighted by Crippen LogP contribution is 2.69. The van der Waals surface area contributed by atoms with Gasteiger partial charge in [0.1, 0.15) is 5.78 Å². The molecule has 2 N–H and O–H groups in total. The predicted molar refractivity (Wildman–Crippen MR) is 175 cm³/mol. The Morgan fingerprint density at radius 2 is 1.11 bits per heavy atom. The Bertz CT molecular complexity index is 1220. The van der Waals surface area contributed by atoms with Crippen LogP contribution in [-0.4, -0.2) is 33.0 Å². The zero-order chi connectivity index (χ0) is 31.5. The van der Waals surface area contributed by atoms with E-state index >= 15 is 0 Å². The van der Waals surface area contributed by atoms with Gasteiger partial charge in [0.15, 0.2) is 5.78 Å². The van der Waals surface area contributed by atoms with Gasteiger partial charge in [0.2, 0.25) is 0 Å². The van der Waals surface area contributed by atoms with Crippen LogP contribution in [0.3, 0.4) is 0 Å². The van der Waals surface area contributed by atoms with Crippen molar-refractivity contribution in [3.8, 4) is 0 Å². The molecule has 6 unspecified atom stereocenters. The van der Waals surface area contributed by atoms with Gasteiger partial charge in [-0.05, 0) is 172 Å². The van der Waals surface area contributed by atoms with Crippen molar-refractivity contribution in [2.45, 2.75) is 155 Å². The highest BCUT2D eigenvalue weighted by Gasteiger charge is 2.64. The van der Waals surface area contributed by atoms with Crippen LogP contribution >= 0.6 is 0 Å². The first-order valence-corrected chi connectivity index (χ1v) is 18.7. The van der Waals surface area contributed by atoms with Crippen LogP contribution in [0, 0.1) is 69.0 Å². The van der Waals surface area contributed by atoms with Gasteiger partial charge in [-0.2, -0.15) is 0 Å². The smallest absolute Gasteiger partial charge is 0.155 e. The van der Waals surface area contributed by atoms with Gasteiger partial charge in [0.05, 0.1) is 11.2 Å². The molecule has 7 saturated carbocycles. The molecule has 0 aromatic heterocycles. The van der Waals surface area contributed by atoms with E-state index in [1.54, 1.807) is 0 Å². The fourth-order valence-electron chi connectivity index (χ4n) is 14.2. The zero-order valence-electron chi connectivity index (χ0n) is 28.8. The molecule has 0 amide bonds. The van der Waals surface area contributed by atoms with Gasteiger partial charge in [-0.3, -0.25) is 9.59 Å². The van der Waals surface area contributed by atoms with Gasteiger partial charge in [0, 0.05) is 19.3 Å². The molecule has 0 aromatic carbocycles. The second kappa shape index (κ2) is 10.2. The first-order valence-electron chi connectivity index (χ1n) is 18.7. The number of ketones is 2. The van der Waals surface area contributed by atoms with Gasteiger partial charge < -0.3 is 10.2 Å². The molecule has 0 saturated heterocycles. The molecule has 8 aliphatic rings. The largest absolute Gasteiger partial charge is 0.390 e. The Balaban J connectivity index is 0.000000142. The van der Waals surface area contributed by atoms with E-state index in [1.165, 1.54) is 57.8 Å². The number of fused-ring (bicyclic) bond motifs is 10. The summed E-state index contributed by atoms with van der Waals surface area (Å²) in [6, 6.07) is 0. The third kappa shape index (κ3) is 4.34. The Hall–Kier alpha value is -1.00. The van der Waals surface area contributed by atoms with Gasteiger partial charge >= 0.3 is 0 Å². The second-order valence-electron chi connectivity index (χ2n) is 19.0. The fraction of sp³-hybridized carbons (Fsp3) is 0.900. The lowest BCUT2D eigenvalue weighted by Gasteiger charge is -2.60. The molecule has 14 atom stereocenters. The maximum absolute atomic E-state index is 11.9. The standard InChI is InChI=1S/C20H32O2.C20H30O2/c2*1-18-9-6-14(21)12-13(18)4-5-15-16(18)7-10-19(2)17(15)8-11-20(19,3)22/h13,15-17,22H,4-12H2,1-3H3;6,9,13,15-17,22H,4-5,7-8,10-12H2,1-3H3/t2*13-,15?,16?,17?,18-,19-,20-/m00/s1. The Kier molecular flexibility index (Phi) is 7.36. The van der Waals surface area contributed by atoms with Crippen LogP contribution in [0.15, 0.2) is 12.2 Å². The summed E-state index contributed by atoms with van der Waals surface area (Å²) in [6.07, 6.45) is 21.8. The van der Waals surface area contributed by atoms with Crippen LogP contribution < -0.4 is 0 Å². The summed E-state index contributed by atoms with van der Waals surface area (Å²) in [4.78, 5) is 23.7. The number of carbonyl (C=O) groups excluding carboxylic acids is 2. The summed E-state index contributed by atoms with van der Waals surface area (Å²) in [5.41, 5.74) is -0.117. The molecule has 0 spiro atoms. The molecule has 8 aliphatic carbocycles. The summed E-state index contributed by atoms with van der Waals surface area (Å²) in [5.74, 6) is 6.44. The van der Waals surface area contributed by atoms with E-state index in [0.29, 0.717) is 46.6 Å². The maximum atomic E-state index is 11.9. The van der Waals surface area contributed by atoms with Crippen molar-refractivity contribution in [1.82, 2.24) is 0 Å². The molecule has 246 valence electrons. The van der Waals surface area contributed by atoms with Crippen LogP contribution in [0.1, 0.15) is 144 Å². The molecule has 0 bridgehead atoms. The first-order chi connectivity index (χ1) is 20.6. The van der Waals surface area contributed by atoms with Crippen LogP contribution in [0.5, 0.6) is 0 Å². The molecule has 0 radical (unpaired) electrons. The molecule has 4 heteroatoms. The number of carbonyl (C=O) groups is 2. The highest BCUT2D eigenvalue weighted by molar-refractivity contribution is 5.91. The van der Waals surface area contributed by atoms with Crippen molar-refractivity contribution in [1.29, 1.82) is 0 Å². The number of rotatable bonds is 0. The third-order valence-electron chi connectivity index (χ3n) is 17.6. The summed E-state index contributed by atoms with van der Waals surface area (Å²) in [7, 11) is 0. The minimum Gasteiger partial charge on any atom is -0.390 e. The average Bonchev–Trinajstić information content (AvgIpc) is 3.36. The monoisotopic (exact) mass is 606 g/mol. The predicted octanol–water partition coefficient (Wildman–Crippen LogP) is 8.47. The summed E-state index contributed by atoms with van der Waals surface area (Å²) >= 11 is 0. The van der Waals surface area contributed by atoms with E-state index in [0.717, 1.165) is 62.7 Å². The highest BCUT2D eigenvalue weighted by atomic mass is 16.3. The molecule has 0 heterocycles. The topological polar surface area (TPSA) is 74.6 Å². The zero-order valence-corrected chi connectivity index (χ0v) is 28.8. The third-order valence-corrected chi connectivity index (χ3v) is 17.6. The van der Waals surface area contributed by atoms with Crippen LogP contribution in [0.25, 0.3) is 0 Å². The van der Waals surface area contributed by atoms with Crippen molar-refractivity contribution in [3.05, 3.63) is 12.2 Å². The fourth-order valence-corrected chi connectivity index (χ4v) is 14.2. The van der Waals surface area contributed by atoms with E-state index in [-0.39, 0.29) is 16.2 Å². The molecule has 8 rings (SSSR count). The summed E-state index contributed by atoms with van der Waals surface area (Å²) in [6.45, 7) is 13.8. The molecule has 7 fully saturated rings. The minimum atomic E-state index is -0.487. The molecular formula is C40H62O4. The van der Waals surface area contributed by atoms with E-state index in [2.05, 4.69) is 47.6 Å². The number of Topliss-reactive ketones (excluding diaryl/α,β-unsaturated/α-hetero) is 1. The van der Waals surface area contributed by atoms with Crippen LogP contribution in [0.2, 0.25) is 0 Å². The number of aliphatic hydroxyl groups is 2. The summed E-state index contributed by atoms with van der Waals surface area (Å²) in [5, 5.41) is 21.8. The molecular weight excluding hydrogens is 544 g/mol. The van der Waals surface area contributed by atoms with Gasteiger partial charge in [-0.1, -0.05) is 33.8 Å². The maximum Gasteiger partial charge on any atom is 0.155 e. The van der Waals surface area contributed by atoms with Crippen molar-refractivity contribution >= 4 is 11.6 Å². The second-order valence-corrected chi connectivity index (χ2v) is 19.0. The molecule has 0 aliphatic heterocycles. The number of allylic oxidation sites excluding steroid dienone is 2. The summed E-state index contributed by atoms with van der Waals surface area (Å²) < 4.78 is 0. The van der Waals surface area contributed by atoms with Gasteiger partial charge in [-0.25, -0.2) is 0 Å². The lowest BCUT2D eigenvalue weighted by Crippen LogP contribution is -2.55. The molecule has 4 nitrogen and oxygen atoms in total. The van der Waals surface area contributed by atoms with Crippen LogP contribution in [0.4, 0.5) is 0 Å². The Morgan fingerprint density at radius 1 is 0.591 bits per heavy atom. The SMILES string of the molecule is C[C@]1(O)CCC2C3CC[C@H]4CC(=O)C=C[C@]4(C)C3CC[C@@]21C.C[C@]1(O)CCC2C3CC[C@H]4CC(=O)CC[C@]4(C)C3CC[C@@]21C. The lowest BCUT2D eigenvalue weighted by atomic mass is 9.44. The van der Waals surface area contributed by atoms with E-state index < -0.39 is 11.2 Å². The molecule has 0 aromatic rings. The quantitative estimate of drug-likeness (QED) is 0.290. The van der Waals surface area contributed by atoms with E-state index in [4.69, 9.17) is 0 Å². The number of hydrogen-bond donors (Lipinski definition) is 2. The van der Waals surface area contributed by atoms with Crippen LogP contribution in [-0.2, 0) is 9.59 Å². The van der Waals surface area contributed by atoms with Crippen molar-refractivity contribution in [3.63, 3.8) is 0 Å². The lowest BCUT2D eigenvalue weighted by molar-refractivity contribution is -0.152. The number of hydrogen-bond acceptors (Lipinski definition) is 4. The Labute approximate surface area is 267 Å². The van der Waals surface area contributed by atoms with Gasteiger partial charge in [0.25, 0.3) is 0 Å². The normalized spacial score (nSPS) is 57.5. The molecule has 44 heavy (non-hydrogen) atoms. The van der Waals surface area contributed by atoms with E-state index in [9.17, 15) is 19.8 Å². The van der Waals surface area contributed by atoms with Crippen molar-refractivity contribution < 1.29 is 19.8 Å². The van der Waals surface area contributed by atoms with Gasteiger partial charge in [-0.15, -0.1) is 0 Å². The van der Waals surface area contributed by atoms with E-state index in [1.807, 2.05) is 6.08 Å². The average molecular weight is 607 g/mol. The van der Waals surface area contributed by atoms with Crippen molar-refractivity contribution in [2.24, 2.45) is 69.0 Å². The first kappa shape index (κ1) is 31.6. The Morgan fingerprint density at radius 3 is 1.73 bits per heavy atom. The van der Waals surface area contributed by atoms with Crippen molar-refractivity contribution in [2.75, 3.05) is 0 Å². The minimum absolute atomic E-state index is 0.103.